The van der Waals surface area contributed by atoms with Crippen LogP contribution in [0.4, 0.5) is 5.69 Å². The zero-order chi connectivity index (χ0) is 15.1. The van der Waals surface area contributed by atoms with Crippen LogP contribution >= 0.6 is 11.6 Å². The molecule has 0 radical (unpaired) electrons. The van der Waals surface area contributed by atoms with Crippen molar-refractivity contribution in [2.45, 2.75) is 18.9 Å². The first kappa shape index (κ1) is 15.4. The minimum Gasteiger partial charge on any atom is -0.387 e. The van der Waals surface area contributed by atoms with Crippen molar-refractivity contribution in [2.24, 2.45) is 0 Å². The number of nitrogens with zero attached hydrogens (tertiary/aromatic N) is 1. The van der Waals surface area contributed by atoms with Gasteiger partial charge in [-0.15, -0.1) is 0 Å². The molecule has 2 N–H and O–H groups in total. The summed E-state index contributed by atoms with van der Waals surface area (Å²) in [5.74, 6) is -0.459. The van der Waals surface area contributed by atoms with Crippen molar-refractivity contribution >= 4 is 23.2 Å². The number of carbonyl (C=O) groups excluding carboxylic acids is 1. The number of ether oxygens (including phenoxy) is 1. The average molecular weight is 306 g/mol. The number of carbonyl (C=O) groups is 1. The molecule has 21 heavy (non-hydrogen) atoms. The van der Waals surface area contributed by atoms with Gasteiger partial charge in [-0.2, -0.15) is 5.26 Å². The summed E-state index contributed by atoms with van der Waals surface area (Å²) in [5.41, 5.74) is 0.604. The van der Waals surface area contributed by atoms with Crippen LogP contribution in [0.15, 0.2) is 36.0 Å². The number of nitriles is 1. The molecule has 1 aromatic rings. The van der Waals surface area contributed by atoms with Crippen molar-refractivity contribution in [2.75, 3.05) is 18.5 Å². The van der Waals surface area contributed by atoms with Crippen molar-refractivity contribution in [3.63, 3.8) is 0 Å². The van der Waals surface area contributed by atoms with Gasteiger partial charge in [0.05, 0.1) is 6.10 Å². The molecule has 0 saturated carbocycles. The number of hydrogen-bond donors (Lipinski definition) is 2. The first-order chi connectivity index (χ1) is 10.2. The highest BCUT2D eigenvalue weighted by Gasteiger charge is 2.15. The molecule has 1 saturated heterocycles. The lowest BCUT2D eigenvalue weighted by Gasteiger charge is -2.09. The smallest absolute Gasteiger partial charge is 0.267 e. The minimum absolute atomic E-state index is 0.0166. The number of anilines is 1. The molecule has 0 aromatic heterocycles. The predicted molar refractivity (Wildman–Crippen MR) is 80.8 cm³/mol. The lowest BCUT2D eigenvalue weighted by Crippen LogP contribution is -2.24. The van der Waals surface area contributed by atoms with Gasteiger partial charge in [0, 0.05) is 30.1 Å². The van der Waals surface area contributed by atoms with Crippen LogP contribution in [-0.2, 0) is 9.53 Å². The second-order valence-electron chi connectivity index (χ2n) is 4.67. The Morgan fingerprint density at radius 2 is 2.24 bits per heavy atom. The van der Waals surface area contributed by atoms with Gasteiger partial charge < -0.3 is 15.4 Å². The topological polar surface area (TPSA) is 74.1 Å². The highest BCUT2D eigenvalue weighted by atomic mass is 35.5. The van der Waals surface area contributed by atoms with E-state index in [2.05, 4.69) is 10.6 Å². The number of hydrogen-bond acceptors (Lipinski definition) is 4. The van der Waals surface area contributed by atoms with Crippen LogP contribution in [0.1, 0.15) is 12.8 Å². The fourth-order valence-electron chi connectivity index (χ4n) is 1.98. The largest absolute Gasteiger partial charge is 0.387 e. The zero-order valence-electron chi connectivity index (χ0n) is 11.4. The van der Waals surface area contributed by atoms with Gasteiger partial charge >= 0.3 is 0 Å². The maximum atomic E-state index is 11.9. The summed E-state index contributed by atoms with van der Waals surface area (Å²) in [6, 6.07) is 8.57. The third-order valence-corrected chi connectivity index (χ3v) is 3.34. The van der Waals surface area contributed by atoms with E-state index in [9.17, 15) is 4.79 Å². The molecule has 110 valence electrons. The summed E-state index contributed by atoms with van der Waals surface area (Å²) in [6.07, 6.45) is 3.63. The Labute approximate surface area is 128 Å². The molecule has 1 aliphatic rings. The van der Waals surface area contributed by atoms with Gasteiger partial charge in [0.2, 0.25) is 0 Å². The van der Waals surface area contributed by atoms with E-state index < -0.39 is 5.91 Å². The van der Waals surface area contributed by atoms with E-state index in [1.54, 1.807) is 24.3 Å². The quantitative estimate of drug-likeness (QED) is 0.647. The molecular weight excluding hydrogens is 290 g/mol. The van der Waals surface area contributed by atoms with Gasteiger partial charge in [0.1, 0.15) is 11.6 Å². The number of benzene rings is 1. The standard InChI is InChI=1S/C15H16ClN3O2/c16-12-3-5-13(6-4-12)19-15(20)11(8-17)9-18-10-14-2-1-7-21-14/h3-6,9,14,18H,1-2,7,10H2,(H,19,20)/b11-9-. The van der Waals surface area contributed by atoms with Gasteiger partial charge in [-0.1, -0.05) is 11.6 Å². The van der Waals surface area contributed by atoms with Crippen LogP contribution in [0.5, 0.6) is 0 Å². The Kier molecular flexibility index (Phi) is 5.61. The Bertz CT molecular complexity index is 557. The summed E-state index contributed by atoms with van der Waals surface area (Å²) in [7, 11) is 0. The zero-order valence-corrected chi connectivity index (χ0v) is 12.2. The molecule has 1 heterocycles. The molecule has 6 heteroatoms. The number of halogens is 1. The second-order valence-corrected chi connectivity index (χ2v) is 5.11. The lowest BCUT2D eigenvalue weighted by molar-refractivity contribution is -0.112. The van der Waals surface area contributed by atoms with Gasteiger partial charge in [-0.25, -0.2) is 0 Å². The monoisotopic (exact) mass is 305 g/mol. The van der Waals surface area contributed by atoms with Crippen molar-refractivity contribution in [3.05, 3.63) is 41.1 Å². The molecule has 1 aliphatic heterocycles. The maximum Gasteiger partial charge on any atom is 0.267 e. The molecule has 5 nitrogen and oxygen atoms in total. The van der Waals surface area contributed by atoms with Gasteiger partial charge in [-0.3, -0.25) is 4.79 Å². The lowest BCUT2D eigenvalue weighted by atomic mass is 10.2. The number of amides is 1. The van der Waals surface area contributed by atoms with E-state index in [0.29, 0.717) is 17.3 Å². The van der Waals surface area contributed by atoms with Crippen molar-refractivity contribution in [3.8, 4) is 6.07 Å². The van der Waals surface area contributed by atoms with Crippen LogP contribution in [0.3, 0.4) is 0 Å². The van der Waals surface area contributed by atoms with Gasteiger partial charge in [-0.05, 0) is 37.1 Å². The molecule has 1 fully saturated rings. The molecular formula is C15H16ClN3O2. The molecule has 1 unspecified atom stereocenters. The second kappa shape index (κ2) is 7.67. The Morgan fingerprint density at radius 3 is 2.86 bits per heavy atom. The fraction of sp³-hybridized carbons (Fsp3) is 0.333. The van der Waals surface area contributed by atoms with E-state index in [-0.39, 0.29) is 11.7 Å². The van der Waals surface area contributed by atoms with E-state index in [1.165, 1.54) is 6.20 Å². The Morgan fingerprint density at radius 1 is 1.48 bits per heavy atom. The summed E-state index contributed by atoms with van der Waals surface area (Å²) in [6.45, 7) is 1.37. The van der Waals surface area contributed by atoms with Gasteiger partial charge in [0.25, 0.3) is 5.91 Å². The molecule has 0 bridgehead atoms. The van der Waals surface area contributed by atoms with E-state index in [0.717, 1.165) is 19.4 Å². The van der Waals surface area contributed by atoms with E-state index in [1.807, 2.05) is 6.07 Å². The van der Waals surface area contributed by atoms with Crippen molar-refractivity contribution < 1.29 is 9.53 Å². The summed E-state index contributed by atoms with van der Waals surface area (Å²) in [4.78, 5) is 11.9. The van der Waals surface area contributed by atoms with Crippen LogP contribution in [0.2, 0.25) is 5.02 Å². The molecule has 2 rings (SSSR count). The molecule has 0 aliphatic carbocycles. The predicted octanol–water partition coefficient (Wildman–Crippen LogP) is 2.45. The molecule has 1 aromatic carbocycles. The van der Waals surface area contributed by atoms with Crippen LogP contribution < -0.4 is 10.6 Å². The normalized spacial score (nSPS) is 18.1. The Hall–Kier alpha value is -2.03. The third kappa shape index (κ3) is 4.78. The average Bonchev–Trinajstić information content (AvgIpc) is 2.99. The van der Waals surface area contributed by atoms with Crippen molar-refractivity contribution in [1.82, 2.24) is 5.32 Å². The highest BCUT2D eigenvalue weighted by molar-refractivity contribution is 6.30. The summed E-state index contributed by atoms with van der Waals surface area (Å²) in [5, 5.41) is 15.2. The number of nitrogens with one attached hydrogen (secondary N) is 2. The van der Waals surface area contributed by atoms with Gasteiger partial charge in [0.15, 0.2) is 0 Å². The molecule has 1 amide bonds. The van der Waals surface area contributed by atoms with Crippen LogP contribution in [0.25, 0.3) is 0 Å². The SMILES string of the molecule is N#C/C(=C/NCC1CCCO1)C(=O)Nc1ccc(Cl)cc1. The van der Waals surface area contributed by atoms with Crippen molar-refractivity contribution in [1.29, 1.82) is 5.26 Å². The molecule has 1 atom stereocenters. The first-order valence-corrected chi connectivity index (χ1v) is 7.09. The van der Waals surface area contributed by atoms with E-state index >= 15 is 0 Å². The summed E-state index contributed by atoms with van der Waals surface area (Å²) >= 11 is 5.77. The first-order valence-electron chi connectivity index (χ1n) is 6.71. The Balaban J connectivity index is 1.88. The van der Waals surface area contributed by atoms with E-state index in [4.69, 9.17) is 21.6 Å². The third-order valence-electron chi connectivity index (χ3n) is 3.08. The maximum absolute atomic E-state index is 11.9. The minimum atomic E-state index is -0.459. The fourth-order valence-corrected chi connectivity index (χ4v) is 2.10. The molecule has 0 spiro atoms. The highest BCUT2D eigenvalue weighted by Crippen LogP contribution is 2.14. The summed E-state index contributed by atoms with van der Waals surface area (Å²) < 4.78 is 5.45. The van der Waals surface area contributed by atoms with Crippen LogP contribution in [-0.4, -0.2) is 25.2 Å². The number of rotatable bonds is 5. The van der Waals surface area contributed by atoms with Crippen LogP contribution in [0, 0.1) is 11.3 Å².